The van der Waals surface area contributed by atoms with Gasteiger partial charge in [0, 0.05) is 12.2 Å². The minimum atomic E-state index is -1.01. The van der Waals surface area contributed by atoms with E-state index in [2.05, 4.69) is 15.6 Å². The summed E-state index contributed by atoms with van der Waals surface area (Å²) in [6.07, 6.45) is 2.75. The molecule has 1 aliphatic rings. The molecule has 0 aliphatic carbocycles. The van der Waals surface area contributed by atoms with Crippen molar-refractivity contribution in [3.8, 4) is 0 Å². The summed E-state index contributed by atoms with van der Waals surface area (Å²) in [5, 5.41) is 5.64. The van der Waals surface area contributed by atoms with Gasteiger partial charge in [-0.25, -0.2) is 4.98 Å². The third kappa shape index (κ3) is 5.44. The van der Waals surface area contributed by atoms with Crippen molar-refractivity contribution in [1.29, 1.82) is 0 Å². The van der Waals surface area contributed by atoms with Gasteiger partial charge in [-0.1, -0.05) is 6.07 Å². The van der Waals surface area contributed by atoms with Crippen LogP contribution < -0.4 is 16.4 Å². The second kappa shape index (κ2) is 9.00. The van der Waals surface area contributed by atoms with Crippen LogP contribution in [0.15, 0.2) is 12.1 Å². The number of anilines is 1. The van der Waals surface area contributed by atoms with E-state index < -0.39 is 23.7 Å². The molecule has 8 nitrogen and oxygen atoms in total. The van der Waals surface area contributed by atoms with Crippen LogP contribution >= 0.6 is 0 Å². The zero-order valence-electron chi connectivity index (χ0n) is 14.3. The lowest BCUT2D eigenvalue weighted by Crippen LogP contribution is -2.41. The molecule has 2 rings (SSSR count). The Morgan fingerprint density at radius 2 is 2.20 bits per heavy atom. The van der Waals surface area contributed by atoms with Crippen molar-refractivity contribution in [3.63, 3.8) is 0 Å². The zero-order valence-corrected chi connectivity index (χ0v) is 14.3. The van der Waals surface area contributed by atoms with Crippen molar-refractivity contribution in [3.05, 3.63) is 23.4 Å². The molecule has 1 atom stereocenters. The Hall–Kier alpha value is -2.64. The smallest absolute Gasteiger partial charge is 0.325 e. The SMILES string of the molecule is CCOC(=O)CNC(=O)C(CCc1ccc2c(n1)NCCC2)C(N)=O. The first-order chi connectivity index (χ1) is 12.0. The Morgan fingerprint density at radius 3 is 2.92 bits per heavy atom. The minimum Gasteiger partial charge on any atom is -0.465 e. The van der Waals surface area contributed by atoms with Gasteiger partial charge in [0.15, 0.2) is 0 Å². The molecular weight excluding hydrogens is 324 g/mol. The van der Waals surface area contributed by atoms with E-state index in [1.807, 2.05) is 12.1 Å². The molecule has 136 valence electrons. The molecule has 1 aromatic heterocycles. The van der Waals surface area contributed by atoms with Gasteiger partial charge in [-0.05, 0) is 44.2 Å². The summed E-state index contributed by atoms with van der Waals surface area (Å²) in [6.45, 7) is 2.51. The zero-order chi connectivity index (χ0) is 18.2. The van der Waals surface area contributed by atoms with Crippen LogP contribution in [0.1, 0.15) is 31.0 Å². The maximum atomic E-state index is 12.1. The fourth-order valence-electron chi connectivity index (χ4n) is 2.70. The number of primary amides is 1. The quantitative estimate of drug-likeness (QED) is 0.454. The third-order valence-corrected chi connectivity index (χ3v) is 4.01. The van der Waals surface area contributed by atoms with Crippen LogP contribution in [0.3, 0.4) is 0 Å². The van der Waals surface area contributed by atoms with Gasteiger partial charge in [0.1, 0.15) is 18.3 Å². The first-order valence-corrected chi connectivity index (χ1v) is 8.46. The summed E-state index contributed by atoms with van der Waals surface area (Å²) in [5.41, 5.74) is 7.29. The van der Waals surface area contributed by atoms with Crippen LogP contribution in [0.25, 0.3) is 0 Å². The number of aromatic nitrogens is 1. The van der Waals surface area contributed by atoms with Gasteiger partial charge in [-0.3, -0.25) is 14.4 Å². The lowest BCUT2D eigenvalue weighted by Gasteiger charge is -2.18. The Labute approximate surface area is 146 Å². The molecule has 2 amide bonds. The molecule has 4 N–H and O–H groups in total. The second-order valence-electron chi connectivity index (χ2n) is 5.86. The molecule has 0 saturated heterocycles. The number of fused-ring (bicyclic) bond motifs is 1. The molecule has 0 spiro atoms. The number of amides is 2. The first-order valence-electron chi connectivity index (χ1n) is 8.46. The van der Waals surface area contributed by atoms with Crippen molar-refractivity contribution < 1.29 is 19.1 Å². The van der Waals surface area contributed by atoms with Crippen LogP contribution in [0.2, 0.25) is 0 Å². The van der Waals surface area contributed by atoms with Crippen LogP contribution in [0, 0.1) is 5.92 Å². The van der Waals surface area contributed by atoms with Gasteiger partial charge in [0.25, 0.3) is 0 Å². The standard InChI is InChI=1S/C17H24N4O4/c1-2-25-14(22)10-20-17(24)13(15(18)23)8-7-12-6-5-11-4-3-9-19-16(11)21-12/h5-6,13H,2-4,7-10H2,1H3,(H2,18,23)(H,19,21)(H,20,24). The summed E-state index contributed by atoms with van der Waals surface area (Å²) < 4.78 is 4.73. The molecule has 8 heteroatoms. The van der Waals surface area contributed by atoms with Gasteiger partial charge < -0.3 is 21.1 Å². The number of aryl methyl sites for hydroxylation is 2. The van der Waals surface area contributed by atoms with E-state index in [4.69, 9.17) is 10.5 Å². The number of carbonyl (C=O) groups is 3. The molecule has 0 fully saturated rings. The lowest BCUT2D eigenvalue weighted by atomic mass is 9.99. The third-order valence-electron chi connectivity index (χ3n) is 4.01. The van der Waals surface area contributed by atoms with Crippen molar-refractivity contribution in [2.45, 2.75) is 32.6 Å². The summed E-state index contributed by atoms with van der Waals surface area (Å²) in [6, 6.07) is 3.92. The van der Waals surface area contributed by atoms with Crippen LogP contribution in [0.4, 0.5) is 5.82 Å². The number of carbonyl (C=O) groups excluding carboxylic acids is 3. The van der Waals surface area contributed by atoms with Gasteiger partial charge in [-0.2, -0.15) is 0 Å². The van der Waals surface area contributed by atoms with E-state index in [-0.39, 0.29) is 19.6 Å². The number of nitrogens with one attached hydrogen (secondary N) is 2. The number of hydrogen-bond acceptors (Lipinski definition) is 6. The normalized spacial score (nSPS) is 14.0. The molecule has 0 radical (unpaired) electrons. The number of nitrogens with two attached hydrogens (primary N) is 1. The Bertz CT molecular complexity index is 648. The average Bonchev–Trinajstić information content (AvgIpc) is 2.60. The van der Waals surface area contributed by atoms with Crippen molar-refractivity contribution in [2.75, 3.05) is 25.0 Å². The molecule has 0 saturated carbocycles. The van der Waals surface area contributed by atoms with E-state index in [1.165, 1.54) is 5.56 Å². The maximum Gasteiger partial charge on any atom is 0.325 e. The van der Waals surface area contributed by atoms with E-state index in [0.717, 1.165) is 30.9 Å². The number of esters is 1. The fraction of sp³-hybridized carbons (Fsp3) is 0.529. The molecule has 25 heavy (non-hydrogen) atoms. The maximum absolute atomic E-state index is 12.1. The Balaban J connectivity index is 1.91. The lowest BCUT2D eigenvalue weighted by molar-refractivity contribution is -0.144. The predicted molar refractivity (Wildman–Crippen MR) is 91.7 cm³/mol. The molecule has 2 heterocycles. The van der Waals surface area contributed by atoms with Crippen molar-refractivity contribution in [1.82, 2.24) is 10.3 Å². The topological polar surface area (TPSA) is 123 Å². The number of ether oxygens (including phenoxy) is 1. The van der Waals surface area contributed by atoms with Gasteiger partial charge in [-0.15, -0.1) is 0 Å². The molecular formula is C17H24N4O4. The first kappa shape index (κ1) is 18.7. The molecule has 0 aromatic carbocycles. The van der Waals surface area contributed by atoms with E-state index in [9.17, 15) is 14.4 Å². The molecule has 1 aromatic rings. The van der Waals surface area contributed by atoms with Crippen molar-refractivity contribution in [2.24, 2.45) is 11.7 Å². The highest BCUT2D eigenvalue weighted by Gasteiger charge is 2.25. The monoisotopic (exact) mass is 348 g/mol. The van der Waals surface area contributed by atoms with E-state index in [0.29, 0.717) is 6.42 Å². The van der Waals surface area contributed by atoms with Crippen molar-refractivity contribution >= 4 is 23.6 Å². The highest BCUT2D eigenvalue weighted by Crippen LogP contribution is 2.20. The Morgan fingerprint density at radius 1 is 1.40 bits per heavy atom. The Kier molecular flexibility index (Phi) is 6.73. The van der Waals surface area contributed by atoms with Crippen LogP contribution in [0.5, 0.6) is 0 Å². The molecule has 1 unspecified atom stereocenters. The van der Waals surface area contributed by atoms with E-state index in [1.54, 1.807) is 6.92 Å². The number of hydrogen-bond donors (Lipinski definition) is 3. The van der Waals surface area contributed by atoms with Crippen LogP contribution in [-0.2, 0) is 32.0 Å². The van der Waals surface area contributed by atoms with Gasteiger partial charge in [0.2, 0.25) is 11.8 Å². The summed E-state index contributed by atoms with van der Waals surface area (Å²) in [4.78, 5) is 39.5. The van der Waals surface area contributed by atoms with E-state index >= 15 is 0 Å². The highest BCUT2D eigenvalue weighted by atomic mass is 16.5. The molecule has 0 bridgehead atoms. The van der Waals surface area contributed by atoms with Gasteiger partial charge in [0.05, 0.1) is 6.61 Å². The number of rotatable bonds is 8. The summed E-state index contributed by atoms with van der Waals surface area (Å²) in [5.74, 6) is -2.00. The second-order valence-corrected chi connectivity index (χ2v) is 5.86. The average molecular weight is 348 g/mol. The predicted octanol–water partition coefficient (Wildman–Crippen LogP) is 0.153. The number of nitrogens with zero attached hydrogens (tertiary/aromatic N) is 1. The van der Waals surface area contributed by atoms with Gasteiger partial charge >= 0.3 is 5.97 Å². The summed E-state index contributed by atoms with van der Waals surface area (Å²) >= 11 is 0. The molecule has 1 aliphatic heterocycles. The highest BCUT2D eigenvalue weighted by molar-refractivity contribution is 6.00. The fourth-order valence-corrected chi connectivity index (χ4v) is 2.70. The van der Waals surface area contributed by atoms with Crippen LogP contribution in [-0.4, -0.2) is 42.5 Å². The largest absolute Gasteiger partial charge is 0.465 e. The number of pyridine rings is 1. The minimum absolute atomic E-state index is 0.228. The summed E-state index contributed by atoms with van der Waals surface area (Å²) in [7, 11) is 0.